The molecule has 1 amide bonds. The Morgan fingerprint density at radius 1 is 1.15 bits per heavy atom. The van der Waals surface area contributed by atoms with Crippen molar-refractivity contribution in [3.05, 3.63) is 58.6 Å². The van der Waals surface area contributed by atoms with Crippen LogP contribution < -0.4 is 5.32 Å². The van der Waals surface area contributed by atoms with Crippen molar-refractivity contribution in [3.8, 4) is 11.1 Å². The molecule has 182 valence electrons. The fourth-order valence-electron chi connectivity index (χ4n) is 3.44. The van der Waals surface area contributed by atoms with Gasteiger partial charge in [-0.25, -0.2) is 4.67 Å². The van der Waals surface area contributed by atoms with Crippen LogP contribution in [0.5, 0.6) is 0 Å². The van der Waals surface area contributed by atoms with E-state index in [0.29, 0.717) is 42.6 Å². The first kappa shape index (κ1) is 27.8. The quantitative estimate of drug-likeness (QED) is 0.435. The van der Waals surface area contributed by atoms with Crippen LogP contribution in [-0.2, 0) is 15.3 Å². The minimum absolute atomic E-state index is 0.0957. The molecule has 0 bridgehead atoms. The lowest BCUT2D eigenvalue weighted by Gasteiger charge is -2.34. The Balaban J connectivity index is 0.00000187. The predicted molar refractivity (Wildman–Crippen MR) is 130 cm³/mol. The van der Waals surface area contributed by atoms with Gasteiger partial charge in [0, 0.05) is 31.8 Å². The highest BCUT2D eigenvalue weighted by atomic mass is 35.5. The molecule has 0 radical (unpaired) electrons. The van der Waals surface area contributed by atoms with Gasteiger partial charge in [0.15, 0.2) is 0 Å². The Morgan fingerprint density at radius 3 is 2.33 bits per heavy atom. The van der Waals surface area contributed by atoms with E-state index in [1.54, 1.807) is 28.9 Å². The van der Waals surface area contributed by atoms with E-state index in [4.69, 9.17) is 16.1 Å². The number of hydrogen-bond acceptors (Lipinski definition) is 3. The summed E-state index contributed by atoms with van der Waals surface area (Å²) in [6.45, 7) is 5.04. The maximum Gasteiger partial charge on any atom is 0.417 e. The monoisotopic (exact) mass is 522 g/mol. The maximum atomic E-state index is 13.2. The van der Waals surface area contributed by atoms with Gasteiger partial charge in [0.2, 0.25) is 0 Å². The van der Waals surface area contributed by atoms with Gasteiger partial charge in [-0.05, 0) is 57.2 Å². The number of hydrogen-bond donors (Lipinski definition) is 1. The zero-order chi connectivity index (χ0) is 24.8. The normalized spacial score (nSPS) is 17.0. The van der Waals surface area contributed by atoms with Gasteiger partial charge in [0.25, 0.3) is 13.1 Å². The minimum atomic E-state index is -4.57. The highest BCUT2D eigenvalue weighted by Gasteiger charge is 2.33. The molecule has 2 aromatic carbocycles. The van der Waals surface area contributed by atoms with E-state index in [9.17, 15) is 22.5 Å². The summed E-state index contributed by atoms with van der Waals surface area (Å²) in [7, 11) is 0.762. The lowest BCUT2D eigenvalue weighted by atomic mass is 10.00. The van der Waals surface area contributed by atoms with Crippen LogP contribution in [0.4, 0.5) is 13.2 Å². The van der Waals surface area contributed by atoms with Gasteiger partial charge in [-0.2, -0.15) is 13.2 Å². The molecule has 1 heterocycles. The van der Waals surface area contributed by atoms with Crippen molar-refractivity contribution >= 4 is 33.6 Å². The second kappa shape index (κ2) is 11.8. The Morgan fingerprint density at radius 2 is 1.76 bits per heavy atom. The van der Waals surface area contributed by atoms with Crippen molar-refractivity contribution in [3.63, 3.8) is 0 Å². The summed E-state index contributed by atoms with van der Waals surface area (Å²) in [5.74, 6) is -0.314. The second-order valence-corrected chi connectivity index (χ2v) is 11.6. The molecule has 11 heteroatoms. The van der Waals surface area contributed by atoms with E-state index in [0.717, 1.165) is 6.07 Å². The molecular weight excluding hydrogens is 495 g/mol. The first-order valence-corrected chi connectivity index (χ1v) is 14.1. The van der Waals surface area contributed by atoms with Crippen molar-refractivity contribution in [2.75, 3.05) is 20.2 Å². The molecule has 1 N–H and O–H groups in total. The number of halogens is 4. The molecule has 0 aromatic heterocycles. The van der Waals surface area contributed by atoms with Gasteiger partial charge in [-0.3, -0.25) is 9.36 Å². The van der Waals surface area contributed by atoms with Crippen LogP contribution in [0.3, 0.4) is 0 Å². The lowest BCUT2D eigenvalue weighted by molar-refractivity contribution is -0.137. The standard InChI is InChI=1S/C20H22ClF3N2O3P2.C2H6/c1-29-31(28,30)26-9-7-16(8-10-26)25-19(27)15-4-2-3-13(11-15)14-5-6-18(21)17(12-14)20(22,23)24;1-2/h2-6,11-12,16H,7-10,30H2,1H3,(H,25,27);1-2H3. The average molecular weight is 523 g/mol. The second-order valence-electron chi connectivity index (χ2n) is 7.22. The van der Waals surface area contributed by atoms with Crippen LogP contribution in [0.25, 0.3) is 11.1 Å². The topological polar surface area (TPSA) is 58.6 Å². The molecule has 2 aromatic rings. The summed E-state index contributed by atoms with van der Waals surface area (Å²) in [6, 6.07) is 9.99. The predicted octanol–water partition coefficient (Wildman–Crippen LogP) is 6.88. The molecule has 0 aliphatic carbocycles. The van der Waals surface area contributed by atoms with E-state index in [1.807, 2.05) is 13.8 Å². The van der Waals surface area contributed by atoms with Crippen molar-refractivity contribution in [2.45, 2.75) is 38.9 Å². The van der Waals surface area contributed by atoms with E-state index < -0.39 is 18.9 Å². The van der Waals surface area contributed by atoms with Gasteiger partial charge < -0.3 is 9.84 Å². The Bertz CT molecular complexity index is 1010. The summed E-state index contributed by atoms with van der Waals surface area (Å²) in [4.78, 5) is 12.7. The van der Waals surface area contributed by atoms with E-state index in [2.05, 4.69) is 14.2 Å². The summed E-state index contributed by atoms with van der Waals surface area (Å²) < 4.78 is 58.5. The third-order valence-corrected chi connectivity index (χ3v) is 8.85. The number of benzene rings is 2. The smallest absolute Gasteiger partial charge is 0.349 e. The fraction of sp³-hybridized carbons (Fsp3) is 0.409. The minimum Gasteiger partial charge on any atom is -0.349 e. The number of nitrogens with one attached hydrogen (secondary N) is 1. The van der Waals surface area contributed by atoms with Crippen molar-refractivity contribution < 1.29 is 27.1 Å². The third kappa shape index (κ3) is 7.27. The number of amides is 1. The zero-order valence-electron chi connectivity index (χ0n) is 18.7. The highest BCUT2D eigenvalue weighted by molar-refractivity contribution is 8.13. The van der Waals surface area contributed by atoms with Gasteiger partial charge in [-0.15, -0.1) is 0 Å². The molecule has 1 saturated heterocycles. The number of piperidine rings is 1. The van der Waals surface area contributed by atoms with Gasteiger partial charge in [-0.1, -0.05) is 43.6 Å². The molecule has 3 rings (SSSR count). The van der Waals surface area contributed by atoms with Crippen LogP contribution in [-0.4, -0.2) is 36.8 Å². The fourth-order valence-corrected chi connectivity index (χ4v) is 5.37. The average Bonchev–Trinajstić information content (AvgIpc) is 2.80. The van der Waals surface area contributed by atoms with Gasteiger partial charge in [0.05, 0.1) is 10.6 Å². The Labute approximate surface area is 199 Å². The molecule has 1 aliphatic rings. The summed E-state index contributed by atoms with van der Waals surface area (Å²) >= 11 is 5.69. The lowest BCUT2D eigenvalue weighted by Crippen LogP contribution is -2.43. The third-order valence-electron chi connectivity index (χ3n) is 5.19. The largest absolute Gasteiger partial charge is 0.417 e. The van der Waals surface area contributed by atoms with Gasteiger partial charge in [0.1, 0.15) is 0 Å². The van der Waals surface area contributed by atoms with Crippen LogP contribution in [0.15, 0.2) is 42.5 Å². The van der Waals surface area contributed by atoms with E-state index in [1.165, 1.54) is 19.2 Å². The van der Waals surface area contributed by atoms with E-state index >= 15 is 0 Å². The first-order valence-electron chi connectivity index (χ1n) is 10.5. The molecule has 1 fully saturated rings. The molecule has 0 spiro atoms. The van der Waals surface area contributed by atoms with Crippen LogP contribution in [0.1, 0.15) is 42.6 Å². The SMILES string of the molecule is CC.COP(=O)(P)N1CCC(NC(=O)c2cccc(-c3ccc(Cl)c(C(F)(F)F)c3)c2)CC1. The van der Waals surface area contributed by atoms with E-state index in [-0.39, 0.29) is 17.0 Å². The number of nitrogens with zero attached hydrogens (tertiary/aromatic N) is 1. The van der Waals surface area contributed by atoms with Crippen LogP contribution in [0.2, 0.25) is 5.02 Å². The molecule has 2 unspecified atom stereocenters. The van der Waals surface area contributed by atoms with Crippen LogP contribution in [0, 0.1) is 0 Å². The molecule has 33 heavy (non-hydrogen) atoms. The summed E-state index contributed by atoms with van der Waals surface area (Å²) in [5, 5.41) is 2.57. The number of carbonyl (C=O) groups excluding carboxylic acids is 1. The molecule has 0 saturated carbocycles. The molecule has 2 atom stereocenters. The Hall–Kier alpha value is -1.43. The first-order chi connectivity index (χ1) is 15.5. The van der Waals surface area contributed by atoms with Crippen molar-refractivity contribution in [1.29, 1.82) is 0 Å². The van der Waals surface area contributed by atoms with Crippen molar-refractivity contribution in [2.24, 2.45) is 0 Å². The maximum absolute atomic E-state index is 13.2. The highest BCUT2D eigenvalue weighted by Crippen LogP contribution is 2.58. The van der Waals surface area contributed by atoms with Gasteiger partial charge >= 0.3 is 6.18 Å². The number of alkyl halides is 3. The van der Waals surface area contributed by atoms with Crippen molar-refractivity contribution in [1.82, 2.24) is 9.99 Å². The Kier molecular flexibility index (Phi) is 9.96. The summed E-state index contributed by atoms with van der Waals surface area (Å²) in [5.41, 5.74) is 0.219. The zero-order valence-corrected chi connectivity index (χ0v) is 21.5. The molecular formula is C22H28ClF3N2O3P2. The summed E-state index contributed by atoms with van der Waals surface area (Å²) in [6.07, 6.45) is -3.35. The number of rotatable bonds is 5. The molecule has 5 nitrogen and oxygen atoms in total. The number of carbonyl (C=O) groups is 1. The molecule has 1 aliphatic heterocycles. The van der Waals surface area contributed by atoms with Crippen LogP contribution >= 0.6 is 27.7 Å².